The number of ketones is 1. The van der Waals surface area contributed by atoms with Gasteiger partial charge in [0.05, 0.1) is 0 Å². The minimum atomic E-state index is -4.64. The summed E-state index contributed by atoms with van der Waals surface area (Å²) in [4.78, 5) is 33.4. The molecular formula is C14H15O5P. The maximum absolute atomic E-state index is 11.8. The molecule has 106 valence electrons. The second-order valence-electron chi connectivity index (χ2n) is 3.96. The molecule has 0 radical (unpaired) electrons. The quantitative estimate of drug-likeness (QED) is 0.596. The second kappa shape index (κ2) is 7.72. The molecule has 0 saturated carbocycles. The number of carbonyl (C=O) groups excluding carboxylic acids is 1. The average Bonchev–Trinajstić information content (AvgIpc) is 2.39. The van der Waals surface area contributed by atoms with E-state index in [9.17, 15) is 4.79 Å². The van der Waals surface area contributed by atoms with Crippen LogP contribution in [0.2, 0.25) is 0 Å². The molecule has 6 heteroatoms. The smallest absolute Gasteiger partial charge is 0.303 e. The van der Waals surface area contributed by atoms with Crippen LogP contribution in [0.15, 0.2) is 60.7 Å². The Labute approximate surface area is 116 Å². The van der Waals surface area contributed by atoms with Crippen LogP contribution >= 0.6 is 7.82 Å². The monoisotopic (exact) mass is 294 g/mol. The Hall–Kier alpha value is -1.78. The van der Waals surface area contributed by atoms with Crippen LogP contribution in [0.3, 0.4) is 0 Å². The minimum Gasteiger partial charge on any atom is -0.303 e. The van der Waals surface area contributed by atoms with Crippen LogP contribution in [0, 0.1) is 0 Å². The molecule has 2 rings (SSSR count). The highest BCUT2D eigenvalue weighted by atomic mass is 31.2. The fourth-order valence-corrected chi connectivity index (χ4v) is 1.51. The summed E-state index contributed by atoms with van der Waals surface area (Å²) in [6.45, 7) is 0. The van der Waals surface area contributed by atoms with Gasteiger partial charge in [0.2, 0.25) is 0 Å². The van der Waals surface area contributed by atoms with E-state index in [-0.39, 0.29) is 5.78 Å². The SMILES string of the molecule is O=C(Cc1ccccc1)c1ccccc1.O=P(O)(O)O. The predicted octanol–water partition coefficient (Wildman–Crippen LogP) is 2.18. The fourth-order valence-electron chi connectivity index (χ4n) is 1.51. The molecule has 2 aromatic carbocycles. The molecule has 3 N–H and O–H groups in total. The van der Waals surface area contributed by atoms with Gasteiger partial charge in [-0.3, -0.25) is 4.79 Å². The van der Waals surface area contributed by atoms with Crippen LogP contribution in [-0.4, -0.2) is 20.5 Å². The molecule has 20 heavy (non-hydrogen) atoms. The van der Waals surface area contributed by atoms with Crippen molar-refractivity contribution in [2.45, 2.75) is 6.42 Å². The zero-order chi connectivity index (χ0) is 15.0. The van der Waals surface area contributed by atoms with Crippen LogP contribution < -0.4 is 0 Å². The maximum atomic E-state index is 11.8. The Kier molecular flexibility index (Phi) is 6.28. The number of hydrogen-bond donors (Lipinski definition) is 3. The summed E-state index contributed by atoms with van der Waals surface area (Å²) >= 11 is 0. The van der Waals surface area contributed by atoms with E-state index in [1.165, 1.54) is 0 Å². The molecule has 0 aromatic heterocycles. The molecule has 0 atom stereocenters. The lowest BCUT2D eigenvalue weighted by molar-refractivity contribution is 0.0993. The Morgan fingerprint density at radius 1 is 0.850 bits per heavy atom. The molecule has 0 aliphatic heterocycles. The molecule has 5 nitrogen and oxygen atoms in total. The predicted molar refractivity (Wildman–Crippen MR) is 75.2 cm³/mol. The van der Waals surface area contributed by atoms with Crippen molar-refractivity contribution in [3.8, 4) is 0 Å². The molecular weight excluding hydrogens is 279 g/mol. The first kappa shape index (κ1) is 16.3. The Morgan fingerprint density at radius 2 is 1.25 bits per heavy atom. The van der Waals surface area contributed by atoms with Crippen molar-refractivity contribution < 1.29 is 24.0 Å². The second-order valence-corrected chi connectivity index (χ2v) is 4.99. The van der Waals surface area contributed by atoms with E-state index in [0.29, 0.717) is 6.42 Å². The molecule has 0 aliphatic carbocycles. The first-order valence-corrected chi connectivity index (χ1v) is 7.33. The lowest BCUT2D eigenvalue weighted by Gasteiger charge is -2.00. The van der Waals surface area contributed by atoms with Crippen LogP contribution in [0.5, 0.6) is 0 Å². The highest BCUT2D eigenvalue weighted by Crippen LogP contribution is 2.25. The first-order chi connectivity index (χ1) is 9.36. The molecule has 0 fully saturated rings. The highest BCUT2D eigenvalue weighted by molar-refractivity contribution is 7.45. The largest absolute Gasteiger partial charge is 0.466 e. The van der Waals surface area contributed by atoms with Gasteiger partial charge in [-0.25, -0.2) is 4.57 Å². The van der Waals surface area contributed by atoms with Gasteiger partial charge in [0, 0.05) is 12.0 Å². The van der Waals surface area contributed by atoms with Crippen LogP contribution in [0.25, 0.3) is 0 Å². The summed E-state index contributed by atoms with van der Waals surface area (Å²) in [5.74, 6) is 0.168. The van der Waals surface area contributed by atoms with Crippen molar-refractivity contribution in [1.82, 2.24) is 0 Å². The Morgan fingerprint density at radius 3 is 1.70 bits per heavy atom. The summed E-state index contributed by atoms with van der Waals surface area (Å²) < 4.78 is 8.88. The van der Waals surface area contributed by atoms with Crippen LogP contribution in [0.4, 0.5) is 0 Å². The van der Waals surface area contributed by atoms with Gasteiger partial charge in [0.1, 0.15) is 0 Å². The summed E-state index contributed by atoms with van der Waals surface area (Å²) in [5, 5.41) is 0. The molecule has 0 bridgehead atoms. The van der Waals surface area contributed by atoms with E-state index < -0.39 is 7.82 Å². The van der Waals surface area contributed by atoms with Gasteiger partial charge in [-0.2, -0.15) is 0 Å². The first-order valence-electron chi connectivity index (χ1n) is 5.77. The van der Waals surface area contributed by atoms with Gasteiger partial charge in [-0.15, -0.1) is 0 Å². The molecule has 0 heterocycles. The van der Waals surface area contributed by atoms with Gasteiger partial charge < -0.3 is 14.7 Å². The van der Waals surface area contributed by atoms with Gasteiger partial charge in [-0.05, 0) is 5.56 Å². The average molecular weight is 294 g/mol. The van der Waals surface area contributed by atoms with E-state index in [0.717, 1.165) is 11.1 Å². The van der Waals surface area contributed by atoms with Crippen molar-refractivity contribution >= 4 is 13.6 Å². The number of Topliss-reactive ketones (excluding diaryl/α,β-unsaturated/α-hetero) is 1. The Balaban J connectivity index is 0.000000347. The van der Waals surface area contributed by atoms with E-state index >= 15 is 0 Å². The number of carbonyl (C=O) groups is 1. The van der Waals surface area contributed by atoms with Crippen LogP contribution in [-0.2, 0) is 11.0 Å². The third kappa shape index (κ3) is 7.61. The van der Waals surface area contributed by atoms with Crippen molar-refractivity contribution in [3.05, 3.63) is 71.8 Å². The van der Waals surface area contributed by atoms with Gasteiger partial charge >= 0.3 is 7.82 Å². The number of phosphoric acid groups is 1. The van der Waals surface area contributed by atoms with E-state index in [1.54, 1.807) is 0 Å². The van der Waals surface area contributed by atoms with E-state index in [4.69, 9.17) is 19.2 Å². The topological polar surface area (TPSA) is 94.8 Å². The van der Waals surface area contributed by atoms with Gasteiger partial charge in [-0.1, -0.05) is 60.7 Å². The van der Waals surface area contributed by atoms with Gasteiger partial charge in [0.15, 0.2) is 5.78 Å². The van der Waals surface area contributed by atoms with Crippen molar-refractivity contribution in [2.24, 2.45) is 0 Å². The molecule has 0 aliphatic rings. The summed E-state index contributed by atoms with van der Waals surface area (Å²) in [6.07, 6.45) is 0.477. The Bertz CT molecular complexity index is 569. The standard InChI is InChI=1S/C14H12O.H3O4P/c15-14(13-9-5-2-6-10-13)11-12-7-3-1-4-8-12;1-5(2,3)4/h1-10H,11H2;(H3,1,2,3,4). The van der Waals surface area contributed by atoms with Crippen LogP contribution in [0.1, 0.15) is 15.9 Å². The van der Waals surface area contributed by atoms with E-state index in [2.05, 4.69) is 0 Å². The summed E-state index contributed by atoms with van der Waals surface area (Å²) in [7, 11) is -4.64. The third-order valence-corrected chi connectivity index (χ3v) is 2.30. The zero-order valence-corrected chi connectivity index (χ0v) is 11.5. The van der Waals surface area contributed by atoms with Gasteiger partial charge in [0.25, 0.3) is 0 Å². The number of hydrogen-bond acceptors (Lipinski definition) is 2. The summed E-state index contributed by atoms with van der Waals surface area (Å²) in [6, 6.07) is 19.2. The lowest BCUT2D eigenvalue weighted by Crippen LogP contribution is -2.02. The molecule has 0 unspecified atom stereocenters. The molecule has 0 spiro atoms. The zero-order valence-electron chi connectivity index (χ0n) is 10.6. The lowest BCUT2D eigenvalue weighted by atomic mass is 10.0. The fraction of sp³-hybridized carbons (Fsp3) is 0.0714. The molecule has 0 saturated heterocycles. The third-order valence-electron chi connectivity index (χ3n) is 2.30. The molecule has 0 amide bonds. The number of benzene rings is 2. The molecule has 2 aromatic rings. The minimum absolute atomic E-state index is 0.168. The summed E-state index contributed by atoms with van der Waals surface area (Å²) in [5.41, 5.74) is 1.84. The number of rotatable bonds is 3. The van der Waals surface area contributed by atoms with Crippen molar-refractivity contribution in [3.63, 3.8) is 0 Å². The highest BCUT2D eigenvalue weighted by Gasteiger charge is 2.05. The van der Waals surface area contributed by atoms with E-state index in [1.807, 2.05) is 60.7 Å². The normalized spacial score (nSPS) is 10.3. The van der Waals surface area contributed by atoms with Crippen molar-refractivity contribution in [2.75, 3.05) is 0 Å². The maximum Gasteiger partial charge on any atom is 0.466 e. The van der Waals surface area contributed by atoms with Crippen molar-refractivity contribution in [1.29, 1.82) is 0 Å².